The molecule has 0 saturated heterocycles. The summed E-state index contributed by atoms with van der Waals surface area (Å²) < 4.78 is 18.7. The van der Waals surface area contributed by atoms with E-state index in [1.54, 1.807) is 24.3 Å². The van der Waals surface area contributed by atoms with E-state index >= 15 is 0 Å². The number of methoxy groups -OCH3 is 1. The van der Waals surface area contributed by atoms with E-state index in [9.17, 15) is 9.18 Å². The van der Waals surface area contributed by atoms with Crippen LogP contribution < -0.4 is 5.32 Å². The molecule has 1 atom stereocenters. The van der Waals surface area contributed by atoms with Crippen molar-refractivity contribution in [1.82, 2.24) is 5.32 Å². The van der Waals surface area contributed by atoms with Crippen molar-refractivity contribution >= 4 is 5.91 Å². The molecule has 132 valence electrons. The molecule has 1 unspecified atom stereocenters. The van der Waals surface area contributed by atoms with E-state index in [4.69, 9.17) is 4.74 Å². The maximum absolute atomic E-state index is 13.4. The van der Waals surface area contributed by atoms with Gasteiger partial charge < -0.3 is 10.1 Å². The van der Waals surface area contributed by atoms with E-state index in [1.807, 2.05) is 42.5 Å². The minimum Gasteiger partial charge on any atom is -0.375 e. The van der Waals surface area contributed by atoms with E-state index in [0.29, 0.717) is 11.1 Å². The number of carbonyl (C=O) groups is 1. The molecule has 1 N–H and O–H groups in total. The molecule has 0 aliphatic carbocycles. The van der Waals surface area contributed by atoms with Crippen LogP contribution in [-0.2, 0) is 4.74 Å². The van der Waals surface area contributed by atoms with Gasteiger partial charge in [0.25, 0.3) is 5.91 Å². The van der Waals surface area contributed by atoms with Gasteiger partial charge in [-0.1, -0.05) is 54.6 Å². The summed E-state index contributed by atoms with van der Waals surface area (Å²) in [7, 11) is 1.54. The fourth-order valence-corrected chi connectivity index (χ4v) is 2.78. The van der Waals surface area contributed by atoms with Gasteiger partial charge in [-0.25, -0.2) is 4.39 Å². The molecule has 0 radical (unpaired) electrons. The van der Waals surface area contributed by atoms with Gasteiger partial charge in [-0.05, 0) is 41.0 Å². The van der Waals surface area contributed by atoms with Crippen LogP contribution >= 0.6 is 0 Å². The number of rotatable bonds is 6. The first kappa shape index (κ1) is 17.8. The lowest BCUT2D eigenvalue weighted by Gasteiger charge is -2.16. The highest BCUT2D eigenvalue weighted by molar-refractivity contribution is 5.94. The third kappa shape index (κ3) is 4.35. The van der Waals surface area contributed by atoms with Crippen molar-refractivity contribution in [2.24, 2.45) is 0 Å². The van der Waals surface area contributed by atoms with Crippen molar-refractivity contribution in [3.8, 4) is 11.1 Å². The summed E-state index contributed by atoms with van der Waals surface area (Å²) in [6, 6.07) is 23.6. The van der Waals surface area contributed by atoms with E-state index in [-0.39, 0.29) is 18.3 Å². The fraction of sp³-hybridized carbons (Fsp3) is 0.136. The lowest BCUT2D eigenvalue weighted by Crippen LogP contribution is -2.29. The van der Waals surface area contributed by atoms with Gasteiger partial charge in [-0.2, -0.15) is 0 Å². The Morgan fingerprint density at radius 2 is 1.65 bits per heavy atom. The lowest BCUT2D eigenvalue weighted by atomic mass is 10.0. The second kappa shape index (κ2) is 8.41. The quantitative estimate of drug-likeness (QED) is 0.706. The fourth-order valence-electron chi connectivity index (χ4n) is 2.78. The van der Waals surface area contributed by atoms with Crippen LogP contribution in [0.4, 0.5) is 4.39 Å². The number of nitrogens with one attached hydrogen (secondary N) is 1. The molecule has 26 heavy (non-hydrogen) atoms. The number of benzene rings is 3. The van der Waals surface area contributed by atoms with Crippen molar-refractivity contribution in [2.45, 2.75) is 6.10 Å². The monoisotopic (exact) mass is 349 g/mol. The number of halogens is 1. The number of carbonyl (C=O) groups excluding carboxylic acids is 1. The van der Waals surface area contributed by atoms with Crippen LogP contribution in [0, 0.1) is 5.82 Å². The Labute approximate surface area is 152 Å². The molecular formula is C22H20FNO2. The lowest BCUT2D eigenvalue weighted by molar-refractivity contribution is 0.0827. The molecule has 0 aromatic heterocycles. The largest absolute Gasteiger partial charge is 0.375 e. The van der Waals surface area contributed by atoms with Crippen LogP contribution in [0.25, 0.3) is 11.1 Å². The average Bonchev–Trinajstić information content (AvgIpc) is 2.69. The van der Waals surface area contributed by atoms with Gasteiger partial charge in [0.2, 0.25) is 0 Å². The molecule has 0 spiro atoms. The van der Waals surface area contributed by atoms with Gasteiger partial charge in [-0.15, -0.1) is 0 Å². The highest BCUT2D eigenvalue weighted by atomic mass is 19.1. The molecule has 3 nitrogen and oxygen atoms in total. The SMILES string of the molecule is COC(CNC(=O)c1ccc(-c2ccccc2)cc1)c1cccc(F)c1. The Bertz CT molecular complexity index is 863. The van der Waals surface area contributed by atoms with Crippen molar-refractivity contribution < 1.29 is 13.9 Å². The Hall–Kier alpha value is -2.98. The van der Waals surface area contributed by atoms with E-state index < -0.39 is 6.10 Å². The second-order valence-electron chi connectivity index (χ2n) is 5.93. The Balaban J connectivity index is 1.64. The number of ether oxygens (including phenoxy) is 1. The zero-order valence-corrected chi connectivity index (χ0v) is 14.5. The summed E-state index contributed by atoms with van der Waals surface area (Å²) in [6.07, 6.45) is -0.404. The van der Waals surface area contributed by atoms with Crippen LogP contribution in [0.3, 0.4) is 0 Å². The Morgan fingerprint density at radius 1 is 0.962 bits per heavy atom. The van der Waals surface area contributed by atoms with Gasteiger partial charge in [0.1, 0.15) is 5.82 Å². The van der Waals surface area contributed by atoms with Crippen LogP contribution in [0.1, 0.15) is 22.0 Å². The summed E-state index contributed by atoms with van der Waals surface area (Å²) in [5, 5.41) is 2.84. The third-order valence-corrected chi connectivity index (χ3v) is 4.21. The normalized spacial score (nSPS) is 11.8. The van der Waals surface area contributed by atoms with Gasteiger partial charge in [0.05, 0.1) is 6.10 Å². The molecule has 0 fully saturated rings. The zero-order chi connectivity index (χ0) is 18.4. The Morgan fingerprint density at radius 3 is 2.31 bits per heavy atom. The van der Waals surface area contributed by atoms with Gasteiger partial charge in [0, 0.05) is 19.2 Å². The van der Waals surface area contributed by atoms with Crippen molar-refractivity contribution in [1.29, 1.82) is 0 Å². The number of amides is 1. The molecule has 3 aromatic carbocycles. The molecule has 0 heterocycles. The van der Waals surface area contributed by atoms with Crippen LogP contribution in [0.2, 0.25) is 0 Å². The highest BCUT2D eigenvalue weighted by Crippen LogP contribution is 2.20. The van der Waals surface area contributed by atoms with Crippen LogP contribution in [0.15, 0.2) is 78.9 Å². The number of hydrogen-bond donors (Lipinski definition) is 1. The number of hydrogen-bond acceptors (Lipinski definition) is 2. The standard InChI is InChI=1S/C22H20FNO2/c1-26-21(19-8-5-9-20(23)14-19)15-24-22(25)18-12-10-17(11-13-18)16-6-3-2-4-7-16/h2-14,21H,15H2,1H3,(H,24,25). The summed E-state index contributed by atoms with van der Waals surface area (Å²) >= 11 is 0. The summed E-state index contributed by atoms with van der Waals surface area (Å²) in [5.41, 5.74) is 3.41. The predicted molar refractivity (Wildman–Crippen MR) is 100 cm³/mol. The van der Waals surface area contributed by atoms with Crippen molar-refractivity contribution in [3.05, 3.63) is 95.8 Å². The van der Waals surface area contributed by atoms with E-state index in [1.165, 1.54) is 19.2 Å². The molecule has 0 aliphatic rings. The van der Waals surface area contributed by atoms with Crippen molar-refractivity contribution in [3.63, 3.8) is 0 Å². The smallest absolute Gasteiger partial charge is 0.251 e. The van der Waals surface area contributed by atoms with Crippen molar-refractivity contribution in [2.75, 3.05) is 13.7 Å². The molecule has 0 aliphatic heterocycles. The molecular weight excluding hydrogens is 329 g/mol. The Kier molecular flexibility index (Phi) is 5.77. The zero-order valence-electron chi connectivity index (χ0n) is 14.5. The molecule has 4 heteroatoms. The first-order chi connectivity index (χ1) is 12.7. The van der Waals surface area contributed by atoms with Gasteiger partial charge in [-0.3, -0.25) is 4.79 Å². The minimum absolute atomic E-state index is 0.192. The topological polar surface area (TPSA) is 38.3 Å². The summed E-state index contributed by atoms with van der Waals surface area (Å²) in [5.74, 6) is -0.518. The highest BCUT2D eigenvalue weighted by Gasteiger charge is 2.13. The second-order valence-corrected chi connectivity index (χ2v) is 5.93. The van der Waals surface area contributed by atoms with Gasteiger partial charge in [0.15, 0.2) is 0 Å². The maximum Gasteiger partial charge on any atom is 0.251 e. The minimum atomic E-state index is -0.404. The summed E-state index contributed by atoms with van der Waals surface area (Å²) in [4.78, 5) is 12.4. The first-order valence-electron chi connectivity index (χ1n) is 8.39. The van der Waals surface area contributed by atoms with Crippen LogP contribution in [0.5, 0.6) is 0 Å². The maximum atomic E-state index is 13.4. The molecule has 3 aromatic rings. The average molecular weight is 349 g/mol. The molecule has 1 amide bonds. The first-order valence-corrected chi connectivity index (χ1v) is 8.39. The molecule has 3 rings (SSSR count). The van der Waals surface area contributed by atoms with Gasteiger partial charge >= 0.3 is 0 Å². The van der Waals surface area contributed by atoms with E-state index in [0.717, 1.165) is 11.1 Å². The molecule has 0 saturated carbocycles. The molecule has 0 bridgehead atoms. The van der Waals surface area contributed by atoms with E-state index in [2.05, 4.69) is 5.32 Å². The summed E-state index contributed by atoms with van der Waals surface area (Å²) in [6.45, 7) is 0.263. The third-order valence-electron chi connectivity index (χ3n) is 4.21. The van der Waals surface area contributed by atoms with Crippen LogP contribution in [-0.4, -0.2) is 19.6 Å². The predicted octanol–water partition coefficient (Wildman–Crippen LogP) is 4.61.